The van der Waals surface area contributed by atoms with E-state index in [1.165, 1.54) is 6.07 Å². The highest BCUT2D eigenvalue weighted by Crippen LogP contribution is 2.19. The van der Waals surface area contributed by atoms with Gasteiger partial charge in [-0.25, -0.2) is 10.1 Å². The fourth-order valence-electron chi connectivity index (χ4n) is 2.00. The summed E-state index contributed by atoms with van der Waals surface area (Å²) < 4.78 is 13.4. The first-order valence-corrected chi connectivity index (χ1v) is 7.74. The second-order valence-electron chi connectivity index (χ2n) is 4.39. The lowest BCUT2D eigenvalue weighted by atomic mass is 10.1. The number of imidazole rings is 1. The van der Waals surface area contributed by atoms with Crippen molar-refractivity contribution in [2.24, 2.45) is 0 Å². The molecule has 0 bridgehead atoms. The number of hydrogen-bond donors (Lipinski definition) is 1. The summed E-state index contributed by atoms with van der Waals surface area (Å²) in [4.78, 5) is 15.1. The van der Waals surface area contributed by atoms with E-state index in [1.54, 1.807) is 29.3 Å². The number of rotatable bonds is 3. The molecule has 2 heterocycles. The van der Waals surface area contributed by atoms with Crippen LogP contribution >= 0.6 is 0 Å². The van der Waals surface area contributed by atoms with Gasteiger partial charge in [-0.3, -0.25) is 13.6 Å². The molecule has 6 nitrogen and oxygen atoms in total. The molecule has 106 valence electrons. The molecule has 1 aromatic carbocycles. The molecule has 1 N–H and O–H groups in total. The van der Waals surface area contributed by atoms with Crippen molar-refractivity contribution in [2.75, 3.05) is 6.26 Å². The van der Waals surface area contributed by atoms with Gasteiger partial charge in [0.15, 0.2) is 0 Å². The van der Waals surface area contributed by atoms with Crippen LogP contribution in [-0.4, -0.2) is 30.2 Å². The Balaban J connectivity index is 1.97. The molecule has 21 heavy (non-hydrogen) atoms. The van der Waals surface area contributed by atoms with Crippen LogP contribution in [-0.2, 0) is 10.8 Å². The summed E-state index contributed by atoms with van der Waals surface area (Å²) in [6.45, 7) is 0. The smallest absolute Gasteiger partial charge is 0.264 e. The maximum absolute atomic E-state index is 11.6. The summed E-state index contributed by atoms with van der Waals surface area (Å²) in [7, 11) is -1.15. The molecule has 0 saturated heterocycles. The van der Waals surface area contributed by atoms with Crippen molar-refractivity contribution in [2.45, 2.75) is 5.16 Å². The average molecular weight is 300 g/mol. The molecule has 0 radical (unpaired) electrons. The van der Waals surface area contributed by atoms with Gasteiger partial charge in [-0.05, 0) is 18.2 Å². The molecule has 0 saturated carbocycles. The Morgan fingerprint density at radius 3 is 2.52 bits per heavy atom. The first-order chi connectivity index (χ1) is 10.1. The van der Waals surface area contributed by atoms with Crippen LogP contribution in [0.3, 0.4) is 0 Å². The van der Waals surface area contributed by atoms with Crippen LogP contribution < -0.4 is 5.56 Å². The Morgan fingerprint density at radius 1 is 1.14 bits per heavy atom. The molecule has 3 aromatic rings. The molecule has 1 atom stereocenters. The number of hydrogen-bond acceptors (Lipinski definition) is 4. The first-order valence-electron chi connectivity index (χ1n) is 6.18. The third kappa shape index (κ3) is 2.68. The first kappa shape index (κ1) is 13.4. The summed E-state index contributed by atoms with van der Waals surface area (Å²) >= 11 is 0. The van der Waals surface area contributed by atoms with Crippen molar-refractivity contribution in [3.05, 3.63) is 59.1 Å². The number of aromatic nitrogens is 4. The van der Waals surface area contributed by atoms with Gasteiger partial charge in [0.1, 0.15) is 0 Å². The minimum Gasteiger partial charge on any atom is -0.293 e. The molecule has 0 spiro atoms. The zero-order valence-electron chi connectivity index (χ0n) is 11.2. The van der Waals surface area contributed by atoms with E-state index in [2.05, 4.69) is 15.2 Å². The monoisotopic (exact) mass is 300 g/mol. The van der Waals surface area contributed by atoms with Crippen molar-refractivity contribution in [3.63, 3.8) is 0 Å². The quantitative estimate of drug-likeness (QED) is 0.792. The number of nitrogens with zero attached hydrogens (tertiary/aromatic N) is 3. The minimum absolute atomic E-state index is 0.233. The Bertz CT molecular complexity index is 831. The van der Waals surface area contributed by atoms with Gasteiger partial charge in [0.25, 0.3) is 5.56 Å². The van der Waals surface area contributed by atoms with Crippen LogP contribution in [0.2, 0.25) is 0 Å². The standard InChI is InChI=1S/C14H12N4O2S/c1-21(20)14-15-8-9-18(14)11-4-2-10(3-5-11)12-6-7-13(19)17-16-12/h2-9H,1H3,(H,17,19). The zero-order chi connectivity index (χ0) is 14.8. The normalized spacial score (nSPS) is 12.2. The second-order valence-corrected chi connectivity index (χ2v) is 5.66. The second kappa shape index (κ2) is 5.45. The maximum atomic E-state index is 11.6. The van der Waals surface area contributed by atoms with Gasteiger partial charge in [0.05, 0.1) is 16.5 Å². The SMILES string of the molecule is CS(=O)c1nccn1-c1ccc(-c2ccc(=O)[nH]n2)cc1. The van der Waals surface area contributed by atoms with Crippen molar-refractivity contribution in [3.8, 4) is 16.9 Å². The van der Waals surface area contributed by atoms with Crippen LogP contribution in [0.4, 0.5) is 0 Å². The molecule has 0 fully saturated rings. The average Bonchev–Trinajstić information content (AvgIpc) is 2.98. The number of nitrogens with one attached hydrogen (secondary N) is 1. The lowest BCUT2D eigenvalue weighted by Crippen LogP contribution is -2.05. The minimum atomic E-state index is -1.15. The van der Waals surface area contributed by atoms with E-state index in [1.807, 2.05) is 24.3 Å². The van der Waals surface area contributed by atoms with Gasteiger partial charge in [-0.1, -0.05) is 12.1 Å². The number of benzene rings is 1. The fraction of sp³-hybridized carbons (Fsp3) is 0.0714. The third-order valence-electron chi connectivity index (χ3n) is 2.98. The molecule has 2 aromatic heterocycles. The van der Waals surface area contributed by atoms with Gasteiger partial charge in [0, 0.05) is 36.0 Å². The van der Waals surface area contributed by atoms with Crippen LogP contribution in [0.5, 0.6) is 0 Å². The predicted molar refractivity (Wildman–Crippen MR) is 79.7 cm³/mol. The topological polar surface area (TPSA) is 80.6 Å². The van der Waals surface area contributed by atoms with E-state index in [-0.39, 0.29) is 5.56 Å². The number of aromatic amines is 1. The maximum Gasteiger partial charge on any atom is 0.264 e. The third-order valence-corrected chi connectivity index (χ3v) is 3.80. The van der Waals surface area contributed by atoms with Gasteiger partial charge in [-0.15, -0.1) is 0 Å². The molecule has 0 amide bonds. The van der Waals surface area contributed by atoms with Crippen molar-refractivity contribution < 1.29 is 4.21 Å². The summed E-state index contributed by atoms with van der Waals surface area (Å²) in [5.41, 5.74) is 2.20. The lowest BCUT2D eigenvalue weighted by Gasteiger charge is -2.07. The molecule has 3 rings (SSSR count). The number of H-pyrrole nitrogens is 1. The van der Waals surface area contributed by atoms with Crippen molar-refractivity contribution in [1.29, 1.82) is 0 Å². The van der Waals surface area contributed by atoms with Crippen LogP contribution in [0.25, 0.3) is 16.9 Å². The largest absolute Gasteiger partial charge is 0.293 e. The van der Waals surface area contributed by atoms with Gasteiger partial charge in [-0.2, -0.15) is 5.10 Å². The Kier molecular flexibility index (Phi) is 3.49. The highest BCUT2D eigenvalue weighted by atomic mass is 32.2. The summed E-state index contributed by atoms with van der Waals surface area (Å²) in [5, 5.41) is 6.89. The highest BCUT2D eigenvalue weighted by molar-refractivity contribution is 7.84. The van der Waals surface area contributed by atoms with E-state index in [0.717, 1.165) is 11.3 Å². The molecule has 0 aliphatic rings. The van der Waals surface area contributed by atoms with E-state index in [9.17, 15) is 9.00 Å². The van der Waals surface area contributed by atoms with Gasteiger partial charge in [0.2, 0.25) is 5.16 Å². The Morgan fingerprint density at radius 2 is 1.90 bits per heavy atom. The zero-order valence-corrected chi connectivity index (χ0v) is 12.0. The summed E-state index contributed by atoms with van der Waals surface area (Å²) in [6.07, 6.45) is 4.98. The summed E-state index contributed by atoms with van der Waals surface area (Å²) in [6, 6.07) is 10.7. The van der Waals surface area contributed by atoms with E-state index >= 15 is 0 Å². The lowest BCUT2D eigenvalue weighted by molar-refractivity contribution is 0.677. The van der Waals surface area contributed by atoms with Crippen LogP contribution in [0, 0.1) is 0 Å². The molecular weight excluding hydrogens is 288 g/mol. The molecule has 0 aliphatic carbocycles. The van der Waals surface area contributed by atoms with Crippen molar-refractivity contribution >= 4 is 10.8 Å². The molecule has 7 heteroatoms. The highest BCUT2D eigenvalue weighted by Gasteiger charge is 2.08. The van der Waals surface area contributed by atoms with Crippen LogP contribution in [0.1, 0.15) is 0 Å². The van der Waals surface area contributed by atoms with Gasteiger partial charge >= 0.3 is 0 Å². The Labute approximate surface area is 122 Å². The summed E-state index contributed by atoms with van der Waals surface area (Å²) in [5.74, 6) is 0. The van der Waals surface area contributed by atoms with Gasteiger partial charge < -0.3 is 0 Å². The fourth-order valence-corrected chi connectivity index (χ4v) is 2.65. The van der Waals surface area contributed by atoms with E-state index in [0.29, 0.717) is 10.9 Å². The molecule has 0 aliphatic heterocycles. The molecule has 1 unspecified atom stereocenters. The Hall–Kier alpha value is -2.54. The molecular formula is C14H12N4O2S. The van der Waals surface area contributed by atoms with Crippen LogP contribution in [0.15, 0.2) is 58.7 Å². The van der Waals surface area contributed by atoms with E-state index < -0.39 is 10.8 Å². The van der Waals surface area contributed by atoms with E-state index in [4.69, 9.17) is 0 Å². The predicted octanol–water partition coefficient (Wildman–Crippen LogP) is 1.36. The van der Waals surface area contributed by atoms with Crippen molar-refractivity contribution in [1.82, 2.24) is 19.7 Å².